The van der Waals surface area contributed by atoms with Crippen LogP contribution in [0, 0.1) is 23.2 Å². The zero-order valence-corrected chi connectivity index (χ0v) is 22.8. The van der Waals surface area contributed by atoms with E-state index in [9.17, 15) is 14.7 Å². The van der Waals surface area contributed by atoms with Crippen LogP contribution in [0.25, 0.3) is 0 Å². The number of esters is 1. The minimum absolute atomic E-state index is 0.00300. The predicted molar refractivity (Wildman–Crippen MR) is 146 cm³/mol. The number of aliphatic hydroxyl groups is 1. The van der Waals surface area contributed by atoms with Crippen molar-refractivity contribution in [2.75, 3.05) is 6.61 Å². The Labute approximate surface area is 216 Å². The van der Waals surface area contributed by atoms with Crippen molar-refractivity contribution in [1.29, 1.82) is 0 Å². The van der Waals surface area contributed by atoms with Crippen LogP contribution in [0.2, 0.25) is 0 Å². The van der Waals surface area contributed by atoms with Crippen molar-refractivity contribution in [2.24, 2.45) is 28.9 Å². The van der Waals surface area contributed by atoms with Crippen molar-refractivity contribution in [3.8, 4) is 0 Å². The molecule has 198 valence electrons. The molecule has 0 aromatic heterocycles. The first-order chi connectivity index (χ1) is 16.8. The number of hydrogen-bond donors (Lipinski definition) is 3. The second kappa shape index (κ2) is 13.0. The molecule has 7 atom stereocenters. The third-order valence-electron chi connectivity index (χ3n) is 7.15. The molecule has 0 saturated carbocycles. The lowest BCUT2D eigenvalue weighted by atomic mass is 9.62. The van der Waals surface area contributed by atoms with E-state index in [0.717, 1.165) is 23.1 Å². The van der Waals surface area contributed by atoms with E-state index in [1.54, 1.807) is 6.08 Å². The summed E-state index contributed by atoms with van der Waals surface area (Å²) in [6, 6.07) is -0.481. The Morgan fingerprint density at radius 2 is 1.89 bits per heavy atom. The fraction of sp³-hybridized carbons (Fsp3) is 0.533. The molecule has 1 amide bonds. The number of ether oxygens (including phenoxy) is 1. The number of nitrogens with one attached hydrogen (secondary N) is 1. The molecule has 0 fully saturated rings. The summed E-state index contributed by atoms with van der Waals surface area (Å²) in [6.45, 7) is 13.8. The van der Waals surface area contributed by atoms with E-state index < -0.39 is 12.1 Å². The monoisotopic (exact) mass is 496 g/mol. The molecule has 0 bridgehead atoms. The molecule has 1 aliphatic carbocycles. The van der Waals surface area contributed by atoms with Crippen molar-refractivity contribution in [3.05, 3.63) is 71.4 Å². The number of fused-ring (bicyclic) bond motifs is 1. The Hall–Kier alpha value is -2.70. The average Bonchev–Trinajstić information content (AvgIpc) is 2.80. The zero-order valence-electron chi connectivity index (χ0n) is 22.8. The summed E-state index contributed by atoms with van der Waals surface area (Å²) >= 11 is 0. The van der Waals surface area contributed by atoms with Gasteiger partial charge in [-0.15, -0.1) is 0 Å². The van der Waals surface area contributed by atoms with Gasteiger partial charge in [-0.05, 0) is 32.6 Å². The van der Waals surface area contributed by atoms with Gasteiger partial charge in [0.25, 0.3) is 0 Å². The number of amides is 1. The standard InChI is InChI=1S/C30H44N2O4/c1-19-9-8-10-27(34)36-18-20(2)11-12-21(3)28(22(4)29(35)23(5)32-24(6)33)26-14-13-25(31)17-30(26,7)16-15-19/h8-16,20,22-23,25-26,29,35H,17-18,31H2,1-7H3,(H,32,33)/b10-8-,12-11-,16-15-,19-9-,28-21-/t20?,22-,23-,25?,26?,29+,30?/m1/s1. The lowest BCUT2D eigenvalue weighted by Crippen LogP contribution is -2.46. The minimum Gasteiger partial charge on any atom is -0.462 e. The molecular weight excluding hydrogens is 452 g/mol. The lowest BCUT2D eigenvalue weighted by molar-refractivity contribution is -0.138. The molecular formula is C30H44N2O4. The topological polar surface area (TPSA) is 102 Å². The number of hydrogen-bond acceptors (Lipinski definition) is 5. The van der Waals surface area contributed by atoms with Crippen LogP contribution < -0.4 is 11.1 Å². The highest BCUT2D eigenvalue weighted by atomic mass is 16.5. The highest BCUT2D eigenvalue weighted by Gasteiger charge is 2.40. The van der Waals surface area contributed by atoms with Gasteiger partial charge in [0.1, 0.15) is 0 Å². The number of allylic oxidation sites excluding steroid dienone is 8. The molecule has 4 N–H and O–H groups in total. The molecule has 2 aliphatic rings. The van der Waals surface area contributed by atoms with E-state index in [2.05, 4.69) is 49.5 Å². The summed E-state index contributed by atoms with van der Waals surface area (Å²) in [5.74, 6) is -0.767. The van der Waals surface area contributed by atoms with Gasteiger partial charge in [0.2, 0.25) is 5.91 Å². The SMILES string of the molecule is CC(=O)N[C@H](C)[C@@H](O)[C@H](C)/C1=C(C)/C=C\C(C)COC(=O)\C=C/C=C(C)\C=C/C2(C)CC(N)C=CC12. The molecule has 1 aliphatic heterocycles. The summed E-state index contributed by atoms with van der Waals surface area (Å²) in [6.07, 6.45) is 17.6. The number of carbonyl (C=O) groups is 2. The van der Waals surface area contributed by atoms with E-state index in [1.807, 2.05) is 39.8 Å². The molecule has 0 aromatic carbocycles. The van der Waals surface area contributed by atoms with Gasteiger partial charge in [0.05, 0.1) is 18.8 Å². The van der Waals surface area contributed by atoms with Gasteiger partial charge in [-0.3, -0.25) is 4.79 Å². The average molecular weight is 497 g/mol. The summed E-state index contributed by atoms with van der Waals surface area (Å²) in [5.41, 5.74) is 9.23. The number of cyclic esters (lactones) is 1. The van der Waals surface area contributed by atoms with Crippen molar-refractivity contribution in [1.82, 2.24) is 5.32 Å². The molecule has 1 heterocycles. The molecule has 0 saturated heterocycles. The molecule has 36 heavy (non-hydrogen) atoms. The van der Waals surface area contributed by atoms with E-state index >= 15 is 0 Å². The van der Waals surface area contributed by atoms with E-state index in [0.29, 0.717) is 0 Å². The fourth-order valence-electron chi connectivity index (χ4n) is 5.10. The normalized spacial score (nSPS) is 36.3. The van der Waals surface area contributed by atoms with Gasteiger partial charge in [-0.25, -0.2) is 4.79 Å². The molecule has 4 unspecified atom stereocenters. The van der Waals surface area contributed by atoms with Crippen LogP contribution in [0.1, 0.15) is 54.9 Å². The summed E-state index contributed by atoms with van der Waals surface area (Å²) in [4.78, 5) is 23.7. The van der Waals surface area contributed by atoms with Gasteiger partial charge < -0.3 is 20.9 Å². The summed E-state index contributed by atoms with van der Waals surface area (Å²) in [5, 5.41) is 14.1. The van der Waals surface area contributed by atoms with Crippen molar-refractivity contribution in [2.45, 2.75) is 73.1 Å². The summed E-state index contributed by atoms with van der Waals surface area (Å²) < 4.78 is 5.37. The molecule has 0 aromatic rings. The maximum atomic E-state index is 12.1. The van der Waals surface area contributed by atoms with Crippen LogP contribution in [0.4, 0.5) is 0 Å². The van der Waals surface area contributed by atoms with Gasteiger partial charge in [0.15, 0.2) is 0 Å². The first kappa shape index (κ1) is 29.5. The number of aliphatic hydroxyl groups excluding tert-OH is 1. The first-order valence-corrected chi connectivity index (χ1v) is 12.8. The molecule has 0 spiro atoms. The van der Waals surface area contributed by atoms with Crippen molar-refractivity contribution < 1.29 is 19.4 Å². The van der Waals surface area contributed by atoms with E-state index in [4.69, 9.17) is 10.5 Å². The van der Waals surface area contributed by atoms with Crippen LogP contribution >= 0.6 is 0 Å². The van der Waals surface area contributed by atoms with Crippen LogP contribution in [0.3, 0.4) is 0 Å². The number of nitrogens with two attached hydrogens (primary N) is 1. The molecule has 6 heteroatoms. The third kappa shape index (κ3) is 8.17. The Morgan fingerprint density at radius 1 is 1.19 bits per heavy atom. The minimum atomic E-state index is -0.778. The predicted octanol–water partition coefficient (Wildman–Crippen LogP) is 4.54. The van der Waals surface area contributed by atoms with Gasteiger partial charge in [-0.2, -0.15) is 0 Å². The number of rotatable bonds is 4. The Bertz CT molecular complexity index is 987. The lowest BCUT2D eigenvalue weighted by Gasteiger charge is -2.43. The van der Waals surface area contributed by atoms with E-state index in [1.165, 1.54) is 13.0 Å². The van der Waals surface area contributed by atoms with Gasteiger partial charge >= 0.3 is 5.97 Å². The third-order valence-corrected chi connectivity index (χ3v) is 7.15. The van der Waals surface area contributed by atoms with Crippen molar-refractivity contribution in [3.63, 3.8) is 0 Å². The van der Waals surface area contributed by atoms with E-state index in [-0.39, 0.29) is 47.7 Å². The Balaban J connectivity index is 2.67. The summed E-state index contributed by atoms with van der Waals surface area (Å²) in [7, 11) is 0. The zero-order chi connectivity index (χ0) is 27.0. The first-order valence-electron chi connectivity index (χ1n) is 12.8. The highest BCUT2D eigenvalue weighted by molar-refractivity contribution is 5.82. The molecule has 6 nitrogen and oxygen atoms in total. The smallest absolute Gasteiger partial charge is 0.330 e. The Morgan fingerprint density at radius 3 is 2.56 bits per heavy atom. The maximum absolute atomic E-state index is 12.1. The quantitative estimate of drug-likeness (QED) is 0.392. The number of carbonyl (C=O) groups excluding carboxylic acids is 2. The molecule has 2 rings (SSSR count). The van der Waals surface area contributed by atoms with Crippen LogP contribution in [-0.2, 0) is 14.3 Å². The van der Waals surface area contributed by atoms with Gasteiger partial charge in [-0.1, -0.05) is 86.1 Å². The van der Waals surface area contributed by atoms with Crippen LogP contribution in [-0.4, -0.2) is 41.8 Å². The van der Waals surface area contributed by atoms with Crippen molar-refractivity contribution >= 4 is 11.9 Å². The molecule has 0 radical (unpaired) electrons. The second-order valence-electron chi connectivity index (χ2n) is 10.7. The second-order valence-corrected chi connectivity index (χ2v) is 10.7. The fourth-order valence-corrected chi connectivity index (χ4v) is 5.10. The highest BCUT2D eigenvalue weighted by Crippen LogP contribution is 2.46. The maximum Gasteiger partial charge on any atom is 0.330 e. The Kier molecular flexibility index (Phi) is 10.7. The van der Waals surface area contributed by atoms with Crippen LogP contribution in [0.15, 0.2) is 71.4 Å². The largest absolute Gasteiger partial charge is 0.462 e. The van der Waals surface area contributed by atoms with Crippen LogP contribution in [0.5, 0.6) is 0 Å². The van der Waals surface area contributed by atoms with Gasteiger partial charge in [0, 0.05) is 36.8 Å².